The number of anilines is 1. The molecular formula is C54H57N3O10S. The maximum Gasteiger partial charge on any atom is 0.343 e. The standard InChI is InChI=1S/C54H57N3O10S/c1-3-50(58)64-36-16-7-5-14-34-62-44-26-22-41(23-27-44)52(60)66-46-30-31-48(67-53(61)42-24-28-45(29-25-42)63-35-15-6-8-17-37-65-51(59)4-2)43(38-46)39-55-57(33-32-40-18-10-9-11-19-40)54-56-47-20-12-13-21-49(47)68-54/h3-4,9-13,18,20-31,38-40H,1-2,5-8,14-17,19,32-37H2/b55-39+. The summed E-state index contributed by atoms with van der Waals surface area (Å²) in [6.07, 6.45) is 21.0. The topological polar surface area (TPSA) is 152 Å². The largest absolute Gasteiger partial charge is 0.494 e. The Kier molecular flexibility index (Phi) is 20.2. The van der Waals surface area contributed by atoms with Crippen LogP contribution in [0.3, 0.4) is 0 Å². The van der Waals surface area contributed by atoms with Crippen LogP contribution >= 0.6 is 11.3 Å². The Hall–Kier alpha value is -7.32. The number of aromatic nitrogens is 1. The van der Waals surface area contributed by atoms with Gasteiger partial charge in [0.2, 0.25) is 5.13 Å². The first-order valence-electron chi connectivity index (χ1n) is 22.9. The number of unbranched alkanes of at least 4 members (excludes halogenated alkanes) is 6. The van der Waals surface area contributed by atoms with Gasteiger partial charge in [0.1, 0.15) is 23.0 Å². The van der Waals surface area contributed by atoms with Crippen molar-refractivity contribution in [3.8, 4) is 23.0 Å². The van der Waals surface area contributed by atoms with E-state index in [-0.39, 0.29) is 11.5 Å². The molecule has 0 aliphatic heterocycles. The van der Waals surface area contributed by atoms with Crippen LogP contribution in [0.1, 0.15) is 90.5 Å². The van der Waals surface area contributed by atoms with Crippen molar-refractivity contribution in [1.82, 2.24) is 4.98 Å². The summed E-state index contributed by atoms with van der Waals surface area (Å²) >= 11 is 1.53. The molecule has 354 valence electrons. The van der Waals surface area contributed by atoms with Gasteiger partial charge >= 0.3 is 23.9 Å². The molecule has 1 aliphatic rings. The second kappa shape index (κ2) is 27.4. The molecule has 5 aromatic rings. The molecule has 0 amide bonds. The van der Waals surface area contributed by atoms with Crippen molar-refractivity contribution in [2.24, 2.45) is 11.0 Å². The summed E-state index contributed by atoms with van der Waals surface area (Å²) in [5, 5.41) is 7.48. The first-order valence-corrected chi connectivity index (χ1v) is 23.7. The molecular weight excluding hydrogens is 883 g/mol. The average Bonchev–Trinajstić information content (AvgIpc) is 3.81. The number of para-hydroxylation sites is 1. The third-order valence-corrected chi connectivity index (χ3v) is 11.7. The highest BCUT2D eigenvalue weighted by atomic mass is 32.1. The van der Waals surface area contributed by atoms with Crippen LogP contribution in [0.25, 0.3) is 10.2 Å². The van der Waals surface area contributed by atoms with E-state index in [9.17, 15) is 19.2 Å². The van der Waals surface area contributed by atoms with Gasteiger partial charge in [-0.25, -0.2) is 29.2 Å². The second-order valence-corrected chi connectivity index (χ2v) is 16.7. The van der Waals surface area contributed by atoms with Crippen molar-refractivity contribution in [2.75, 3.05) is 38.0 Å². The molecule has 1 aliphatic carbocycles. The highest BCUT2D eigenvalue weighted by molar-refractivity contribution is 7.22. The molecule has 6 rings (SSSR count). The van der Waals surface area contributed by atoms with E-state index in [0.29, 0.717) is 72.2 Å². The smallest absolute Gasteiger partial charge is 0.343 e. The number of hydrazone groups is 1. The molecule has 0 spiro atoms. The molecule has 0 N–H and O–H groups in total. The normalized spacial score (nSPS) is 12.9. The van der Waals surface area contributed by atoms with Crippen molar-refractivity contribution in [3.63, 3.8) is 0 Å². The van der Waals surface area contributed by atoms with E-state index in [1.54, 1.807) is 72.9 Å². The molecule has 1 unspecified atom stereocenters. The van der Waals surface area contributed by atoms with Crippen molar-refractivity contribution < 1.29 is 47.6 Å². The molecule has 4 aromatic carbocycles. The van der Waals surface area contributed by atoms with E-state index in [0.717, 1.165) is 86.6 Å². The molecule has 0 radical (unpaired) electrons. The average molecular weight is 940 g/mol. The lowest BCUT2D eigenvalue weighted by Crippen LogP contribution is -2.20. The summed E-state index contributed by atoms with van der Waals surface area (Å²) in [4.78, 5) is 54.3. The Balaban J connectivity index is 1.12. The zero-order valence-corrected chi connectivity index (χ0v) is 38.9. The van der Waals surface area contributed by atoms with Gasteiger partial charge in [0.25, 0.3) is 0 Å². The molecule has 14 heteroatoms. The lowest BCUT2D eigenvalue weighted by Gasteiger charge is -2.19. The van der Waals surface area contributed by atoms with E-state index in [4.69, 9.17) is 38.5 Å². The number of ether oxygens (including phenoxy) is 6. The third-order valence-electron chi connectivity index (χ3n) is 10.6. The third kappa shape index (κ3) is 16.5. The van der Waals surface area contributed by atoms with Gasteiger partial charge < -0.3 is 28.4 Å². The van der Waals surface area contributed by atoms with Gasteiger partial charge in [0.15, 0.2) is 0 Å². The number of thiazole rings is 1. The van der Waals surface area contributed by atoms with Gasteiger partial charge in [-0.05, 0) is 149 Å². The zero-order chi connectivity index (χ0) is 47.8. The van der Waals surface area contributed by atoms with Crippen LogP contribution in [0.15, 0.2) is 146 Å². The number of allylic oxidation sites excluding steroid dienone is 4. The highest BCUT2D eigenvalue weighted by Crippen LogP contribution is 2.31. The molecule has 0 fully saturated rings. The number of esters is 4. The van der Waals surface area contributed by atoms with Crippen molar-refractivity contribution in [2.45, 2.75) is 64.2 Å². The number of hydrogen-bond donors (Lipinski definition) is 0. The summed E-state index contributed by atoms with van der Waals surface area (Å²) in [7, 11) is 0. The van der Waals surface area contributed by atoms with E-state index in [2.05, 4.69) is 37.5 Å². The summed E-state index contributed by atoms with van der Waals surface area (Å²) in [5.74, 6) is 0.000267. The molecule has 1 atom stereocenters. The first kappa shape index (κ1) is 50.1. The molecule has 1 aromatic heterocycles. The molecule has 0 saturated heterocycles. The van der Waals surface area contributed by atoms with Gasteiger partial charge in [-0.1, -0.05) is 60.9 Å². The Morgan fingerprint density at radius 3 is 1.82 bits per heavy atom. The van der Waals surface area contributed by atoms with E-state index >= 15 is 0 Å². The van der Waals surface area contributed by atoms with Crippen LogP contribution in [-0.4, -0.2) is 68.0 Å². The number of rotatable bonds is 28. The molecule has 68 heavy (non-hydrogen) atoms. The Morgan fingerprint density at radius 2 is 1.25 bits per heavy atom. The summed E-state index contributed by atoms with van der Waals surface area (Å²) < 4.78 is 34.6. The van der Waals surface area contributed by atoms with E-state index < -0.39 is 23.9 Å². The Morgan fingerprint density at radius 1 is 0.676 bits per heavy atom. The fourth-order valence-corrected chi connectivity index (χ4v) is 7.83. The SMILES string of the molecule is C=CC(=O)OCCCCCCOc1ccc(C(=O)Oc2ccc(OC(=O)c3ccc(OCCCCCCOC(=O)C=C)cc3)c(/C=N/N(CCC3C=CC=CC3)c3nc4ccccc4s3)c2)cc1. The van der Waals surface area contributed by atoms with Gasteiger partial charge in [-0.2, -0.15) is 5.10 Å². The van der Waals surface area contributed by atoms with Crippen molar-refractivity contribution in [3.05, 3.63) is 157 Å². The quantitative estimate of drug-likeness (QED) is 0.0117. The second-order valence-electron chi connectivity index (χ2n) is 15.7. The highest BCUT2D eigenvalue weighted by Gasteiger charge is 2.18. The van der Waals surface area contributed by atoms with Gasteiger partial charge in [0, 0.05) is 24.3 Å². The van der Waals surface area contributed by atoms with Gasteiger partial charge in [-0.15, -0.1) is 0 Å². The number of carbonyl (C=O) groups is 4. The fraction of sp³-hybridized carbons (Fsp3) is 0.296. The maximum atomic E-state index is 13.6. The van der Waals surface area contributed by atoms with Crippen LogP contribution in [0.4, 0.5) is 5.13 Å². The fourth-order valence-electron chi connectivity index (χ4n) is 6.88. The Bertz CT molecular complexity index is 2520. The lowest BCUT2D eigenvalue weighted by atomic mass is 9.97. The van der Waals surface area contributed by atoms with Crippen LogP contribution in [0.5, 0.6) is 23.0 Å². The minimum atomic E-state index is -0.595. The number of hydrogen-bond acceptors (Lipinski definition) is 14. The maximum absolute atomic E-state index is 13.6. The predicted octanol–water partition coefficient (Wildman–Crippen LogP) is 11.4. The molecule has 13 nitrogen and oxygen atoms in total. The Labute approximate surface area is 401 Å². The summed E-state index contributed by atoms with van der Waals surface area (Å²) in [6, 6.07) is 26.1. The van der Waals surface area contributed by atoms with Crippen LogP contribution in [0, 0.1) is 5.92 Å². The zero-order valence-electron chi connectivity index (χ0n) is 38.1. The van der Waals surface area contributed by atoms with E-state index in [1.807, 2.05) is 29.3 Å². The molecule has 0 saturated carbocycles. The summed E-state index contributed by atoms with van der Waals surface area (Å²) in [6.45, 7) is 9.09. The first-order chi connectivity index (χ1) is 33.3. The summed E-state index contributed by atoms with van der Waals surface area (Å²) in [5.41, 5.74) is 1.90. The van der Waals surface area contributed by atoms with Crippen molar-refractivity contribution in [1.29, 1.82) is 0 Å². The van der Waals surface area contributed by atoms with Crippen LogP contribution < -0.4 is 24.0 Å². The predicted molar refractivity (Wildman–Crippen MR) is 265 cm³/mol. The van der Waals surface area contributed by atoms with Gasteiger partial charge in [-0.3, -0.25) is 0 Å². The van der Waals surface area contributed by atoms with Crippen LogP contribution in [-0.2, 0) is 19.1 Å². The van der Waals surface area contributed by atoms with Crippen molar-refractivity contribution >= 4 is 56.8 Å². The lowest BCUT2D eigenvalue weighted by molar-refractivity contribution is -0.138. The minimum absolute atomic E-state index is 0.209. The van der Waals surface area contributed by atoms with E-state index in [1.165, 1.54) is 11.3 Å². The number of benzene rings is 4. The van der Waals surface area contributed by atoms with Crippen LogP contribution in [0.2, 0.25) is 0 Å². The number of nitrogens with zero attached hydrogens (tertiary/aromatic N) is 3. The van der Waals surface area contributed by atoms with Gasteiger partial charge in [0.05, 0.1) is 54.0 Å². The molecule has 1 heterocycles. The monoisotopic (exact) mass is 939 g/mol. The number of fused-ring (bicyclic) bond motifs is 1. The molecule has 0 bridgehead atoms. The minimum Gasteiger partial charge on any atom is -0.494 e. The number of carbonyl (C=O) groups excluding carboxylic acids is 4.